The largest absolute Gasteiger partial charge is 0.481 e. The smallest absolute Gasteiger partial charge is 0.305 e. The highest BCUT2D eigenvalue weighted by Crippen LogP contribution is 2.21. The van der Waals surface area contributed by atoms with E-state index in [1.54, 1.807) is 4.90 Å². The van der Waals surface area contributed by atoms with Crippen LogP contribution in [-0.2, 0) is 9.59 Å². The summed E-state index contributed by atoms with van der Waals surface area (Å²) in [6.07, 6.45) is 3.21. The average Bonchev–Trinajstić information content (AvgIpc) is 2.64. The van der Waals surface area contributed by atoms with Gasteiger partial charge in [0.15, 0.2) is 0 Å². The van der Waals surface area contributed by atoms with Crippen molar-refractivity contribution >= 4 is 11.9 Å². The van der Waals surface area contributed by atoms with E-state index < -0.39 is 12.0 Å². The second-order valence-electron chi connectivity index (χ2n) is 4.32. The van der Waals surface area contributed by atoms with Gasteiger partial charge in [-0.3, -0.25) is 9.59 Å². The summed E-state index contributed by atoms with van der Waals surface area (Å²) in [5, 5.41) is 8.75. The van der Waals surface area contributed by atoms with Gasteiger partial charge in [0.2, 0.25) is 5.91 Å². The first kappa shape index (κ1) is 13.0. The number of carbonyl (C=O) groups is 2. The van der Waals surface area contributed by atoms with Crippen molar-refractivity contribution in [3.8, 4) is 0 Å². The second-order valence-corrected chi connectivity index (χ2v) is 4.32. The van der Waals surface area contributed by atoms with Gasteiger partial charge in [-0.15, -0.1) is 0 Å². The van der Waals surface area contributed by atoms with Gasteiger partial charge < -0.3 is 15.7 Å². The number of nitrogens with two attached hydrogens (primary N) is 1. The molecule has 1 heterocycles. The molecule has 1 aliphatic heterocycles. The Balaban J connectivity index is 2.56. The molecule has 5 heteroatoms. The Hall–Kier alpha value is -1.10. The number of nitrogens with zero attached hydrogens (tertiary/aromatic N) is 1. The monoisotopic (exact) mass is 228 g/mol. The van der Waals surface area contributed by atoms with Gasteiger partial charge in [-0.2, -0.15) is 0 Å². The number of amides is 1. The Labute approximate surface area is 95.6 Å². The summed E-state index contributed by atoms with van der Waals surface area (Å²) in [6.45, 7) is 2.63. The summed E-state index contributed by atoms with van der Waals surface area (Å²) in [6, 6.07) is -0.632. The van der Waals surface area contributed by atoms with E-state index in [4.69, 9.17) is 10.8 Å². The third-order valence-electron chi connectivity index (χ3n) is 2.99. The van der Waals surface area contributed by atoms with Crippen molar-refractivity contribution in [2.75, 3.05) is 6.54 Å². The minimum atomic E-state index is -0.853. The summed E-state index contributed by atoms with van der Waals surface area (Å²) in [4.78, 5) is 24.2. The number of hydrogen-bond donors (Lipinski definition) is 2. The Kier molecular flexibility index (Phi) is 4.73. The second kappa shape index (κ2) is 5.84. The fraction of sp³-hybridized carbons (Fsp3) is 0.818. The normalized spacial score (nSPS) is 22.1. The van der Waals surface area contributed by atoms with E-state index in [2.05, 4.69) is 0 Å². The highest BCUT2D eigenvalue weighted by Gasteiger charge is 2.32. The summed E-state index contributed by atoms with van der Waals surface area (Å²) < 4.78 is 0. The highest BCUT2D eigenvalue weighted by molar-refractivity contribution is 5.82. The number of carbonyl (C=O) groups excluding carboxylic acids is 1. The summed E-state index contributed by atoms with van der Waals surface area (Å²) in [5.41, 5.74) is 5.76. The summed E-state index contributed by atoms with van der Waals surface area (Å²) in [5.74, 6) is -0.945. The maximum Gasteiger partial charge on any atom is 0.305 e. The zero-order chi connectivity index (χ0) is 12.1. The van der Waals surface area contributed by atoms with E-state index >= 15 is 0 Å². The molecular formula is C11H20N2O3. The van der Waals surface area contributed by atoms with Crippen LogP contribution in [0.5, 0.6) is 0 Å². The van der Waals surface area contributed by atoms with Crippen molar-refractivity contribution in [1.29, 1.82) is 0 Å². The Morgan fingerprint density at radius 3 is 2.81 bits per heavy atom. The first-order chi connectivity index (χ1) is 7.56. The van der Waals surface area contributed by atoms with Crippen molar-refractivity contribution in [3.05, 3.63) is 0 Å². The van der Waals surface area contributed by atoms with Crippen LogP contribution in [0, 0.1) is 0 Å². The first-order valence-corrected chi connectivity index (χ1v) is 5.84. The standard InChI is InChI=1S/C11H20N2O3/c1-2-4-9(12)11(16)13-6-3-5-8(13)7-10(14)15/h8-9H,2-7,12H2,1H3,(H,14,15). The molecule has 2 unspecified atom stereocenters. The molecule has 0 aliphatic carbocycles. The molecule has 16 heavy (non-hydrogen) atoms. The summed E-state index contributed by atoms with van der Waals surface area (Å²) >= 11 is 0. The van der Waals surface area contributed by atoms with Crippen LogP contribution in [0.25, 0.3) is 0 Å². The van der Waals surface area contributed by atoms with Gasteiger partial charge in [0.1, 0.15) is 0 Å². The highest BCUT2D eigenvalue weighted by atomic mass is 16.4. The molecule has 5 nitrogen and oxygen atoms in total. The SMILES string of the molecule is CCCC(N)C(=O)N1CCCC1CC(=O)O. The lowest BCUT2D eigenvalue weighted by atomic mass is 10.1. The molecular weight excluding hydrogens is 208 g/mol. The Bertz CT molecular complexity index is 268. The van der Waals surface area contributed by atoms with E-state index in [1.807, 2.05) is 6.92 Å². The number of likely N-dealkylation sites (tertiary alicyclic amines) is 1. The fourth-order valence-corrected chi connectivity index (χ4v) is 2.19. The molecule has 0 aromatic rings. The van der Waals surface area contributed by atoms with Gasteiger partial charge in [0.05, 0.1) is 12.5 Å². The molecule has 1 fully saturated rings. The number of aliphatic carboxylic acids is 1. The fourth-order valence-electron chi connectivity index (χ4n) is 2.19. The molecule has 92 valence electrons. The van der Waals surface area contributed by atoms with Crippen LogP contribution in [0.3, 0.4) is 0 Å². The lowest BCUT2D eigenvalue weighted by Gasteiger charge is -2.26. The molecule has 0 aromatic heterocycles. The minimum absolute atomic E-state index is 0.0323. The average molecular weight is 228 g/mol. The van der Waals surface area contributed by atoms with Crippen LogP contribution in [0.4, 0.5) is 0 Å². The lowest BCUT2D eigenvalue weighted by molar-refractivity contribution is -0.140. The number of carboxylic acids is 1. The predicted molar refractivity (Wildman–Crippen MR) is 59.9 cm³/mol. The first-order valence-electron chi connectivity index (χ1n) is 5.84. The lowest BCUT2D eigenvalue weighted by Crippen LogP contribution is -2.46. The quantitative estimate of drug-likeness (QED) is 0.721. The van der Waals surface area contributed by atoms with Gasteiger partial charge in [0.25, 0.3) is 0 Å². The van der Waals surface area contributed by atoms with Crippen LogP contribution < -0.4 is 5.73 Å². The molecule has 1 aliphatic rings. The van der Waals surface area contributed by atoms with Gasteiger partial charge in [-0.05, 0) is 19.3 Å². The van der Waals surface area contributed by atoms with Gasteiger partial charge >= 0.3 is 5.97 Å². The van der Waals surface area contributed by atoms with Crippen molar-refractivity contribution in [2.24, 2.45) is 5.73 Å². The van der Waals surface area contributed by atoms with E-state index in [0.717, 1.165) is 19.3 Å². The van der Waals surface area contributed by atoms with Crippen LogP contribution in [0.15, 0.2) is 0 Å². The predicted octanol–water partition coefficient (Wildman–Crippen LogP) is 0.579. The molecule has 0 spiro atoms. The molecule has 0 aromatic carbocycles. The van der Waals surface area contributed by atoms with Crippen LogP contribution in [-0.4, -0.2) is 40.5 Å². The zero-order valence-corrected chi connectivity index (χ0v) is 9.69. The number of rotatable bonds is 5. The van der Waals surface area contributed by atoms with Crippen molar-refractivity contribution in [3.63, 3.8) is 0 Å². The van der Waals surface area contributed by atoms with Crippen molar-refractivity contribution in [1.82, 2.24) is 4.90 Å². The van der Waals surface area contributed by atoms with Crippen LogP contribution in [0.2, 0.25) is 0 Å². The molecule has 1 rings (SSSR count). The van der Waals surface area contributed by atoms with Crippen molar-refractivity contribution < 1.29 is 14.7 Å². The third-order valence-corrected chi connectivity index (χ3v) is 2.99. The van der Waals surface area contributed by atoms with Gasteiger partial charge in [-0.25, -0.2) is 0 Å². The molecule has 1 amide bonds. The Morgan fingerprint density at radius 2 is 2.25 bits per heavy atom. The molecule has 1 saturated heterocycles. The Morgan fingerprint density at radius 1 is 1.56 bits per heavy atom. The minimum Gasteiger partial charge on any atom is -0.481 e. The van der Waals surface area contributed by atoms with Crippen LogP contribution >= 0.6 is 0 Å². The van der Waals surface area contributed by atoms with Gasteiger partial charge in [0, 0.05) is 12.6 Å². The van der Waals surface area contributed by atoms with E-state index in [1.165, 1.54) is 0 Å². The van der Waals surface area contributed by atoms with E-state index in [9.17, 15) is 9.59 Å². The van der Waals surface area contributed by atoms with Gasteiger partial charge in [-0.1, -0.05) is 13.3 Å². The maximum atomic E-state index is 11.9. The third kappa shape index (κ3) is 3.20. The molecule has 0 bridgehead atoms. The van der Waals surface area contributed by atoms with Crippen LogP contribution in [0.1, 0.15) is 39.0 Å². The van der Waals surface area contributed by atoms with Crippen molar-refractivity contribution in [2.45, 2.75) is 51.1 Å². The molecule has 0 radical (unpaired) electrons. The van der Waals surface area contributed by atoms with E-state index in [-0.39, 0.29) is 18.4 Å². The number of carboxylic acid groups (broad SMARTS) is 1. The number of hydrogen-bond acceptors (Lipinski definition) is 3. The maximum absolute atomic E-state index is 11.9. The topological polar surface area (TPSA) is 83.6 Å². The summed E-state index contributed by atoms with van der Waals surface area (Å²) in [7, 11) is 0. The van der Waals surface area contributed by atoms with E-state index in [0.29, 0.717) is 13.0 Å². The molecule has 0 saturated carbocycles. The zero-order valence-electron chi connectivity index (χ0n) is 9.69. The molecule has 2 atom stereocenters. The molecule has 3 N–H and O–H groups in total.